The highest BCUT2D eigenvalue weighted by molar-refractivity contribution is 7.98. The maximum Gasteiger partial charge on any atom is 0.321 e. The molecule has 0 aliphatic carbocycles. The van der Waals surface area contributed by atoms with E-state index in [0.29, 0.717) is 16.9 Å². The van der Waals surface area contributed by atoms with Gasteiger partial charge in [0.25, 0.3) is 5.22 Å². The van der Waals surface area contributed by atoms with E-state index in [2.05, 4.69) is 20.8 Å². The van der Waals surface area contributed by atoms with Gasteiger partial charge in [0, 0.05) is 18.2 Å². The molecular formula is C15H15FN4O3S. The molecule has 1 saturated heterocycles. The van der Waals surface area contributed by atoms with Crippen LogP contribution in [0.15, 0.2) is 33.9 Å². The molecule has 1 aliphatic rings. The van der Waals surface area contributed by atoms with E-state index in [1.54, 1.807) is 19.1 Å². The van der Waals surface area contributed by atoms with Gasteiger partial charge in [-0.3, -0.25) is 10.1 Å². The van der Waals surface area contributed by atoms with Gasteiger partial charge in [-0.1, -0.05) is 23.9 Å². The molecule has 7 nitrogen and oxygen atoms in total. The van der Waals surface area contributed by atoms with Crippen LogP contribution in [0.25, 0.3) is 0 Å². The number of nitrogens with zero attached hydrogens (tertiary/aromatic N) is 2. The molecule has 1 fully saturated rings. The molecule has 9 heteroatoms. The Morgan fingerprint density at radius 3 is 2.71 bits per heavy atom. The number of hydrogen-bond donors (Lipinski definition) is 2. The topological polar surface area (TPSA) is 97.1 Å². The van der Waals surface area contributed by atoms with Gasteiger partial charge in [-0.2, -0.15) is 0 Å². The van der Waals surface area contributed by atoms with Gasteiger partial charge in [0.1, 0.15) is 5.82 Å². The molecule has 3 amide bonds. The first-order valence-electron chi connectivity index (χ1n) is 7.32. The molecule has 2 N–H and O–H groups in total. The zero-order valence-electron chi connectivity index (χ0n) is 12.8. The van der Waals surface area contributed by atoms with Gasteiger partial charge in [0.2, 0.25) is 11.8 Å². The second-order valence-corrected chi connectivity index (χ2v) is 6.37. The highest BCUT2D eigenvalue weighted by Crippen LogP contribution is 2.23. The summed E-state index contributed by atoms with van der Waals surface area (Å²) in [4.78, 5) is 23.1. The standard InChI is InChI=1S/C15H15FN4O3S/c1-8-11(13(21)18-14(22)17-8)6-12-19-20-15(23-12)24-7-9-2-4-10(16)5-3-9/h2-5,8,11H,6-7H2,1H3,(H2,17,18,21,22). The van der Waals surface area contributed by atoms with E-state index in [1.807, 2.05) is 0 Å². The molecular weight excluding hydrogens is 335 g/mol. The number of carbonyl (C=O) groups is 2. The number of imide groups is 1. The molecule has 0 saturated carbocycles. The minimum Gasteiger partial charge on any atom is -0.416 e. The number of halogens is 1. The molecule has 126 valence electrons. The lowest BCUT2D eigenvalue weighted by Gasteiger charge is -2.27. The molecule has 3 rings (SSSR count). The van der Waals surface area contributed by atoms with Crippen molar-refractivity contribution in [3.05, 3.63) is 41.5 Å². The number of aromatic nitrogens is 2. The van der Waals surface area contributed by atoms with E-state index in [9.17, 15) is 14.0 Å². The van der Waals surface area contributed by atoms with Gasteiger partial charge in [-0.25, -0.2) is 9.18 Å². The molecule has 1 aromatic carbocycles. The summed E-state index contributed by atoms with van der Waals surface area (Å²) in [6.07, 6.45) is 0.247. The average molecular weight is 350 g/mol. The lowest BCUT2D eigenvalue weighted by molar-refractivity contribution is -0.125. The van der Waals surface area contributed by atoms with Crippen molar-refractivity contribution in [2.24, 2.45) is 5.92 Å². The van der Waals surface area contributed by atoms with Crippen LogP contribution < -0.4 is 10.6 Å². The van der Waals surface area contributed by atoms with E-state index >= 15 is 0 Å². The third-order valence-corrected chi connectivity index (χ3v) is 4.54. The van der Waals surface area contributed by atoms with Crippen LogP contribution in [-0.4, -0.2) is 28.2 Å². The number of urea groups is 1. The van der Waals surface area contributed by atoms with Gasteiger partial charge in [-0.15, -0.1) is 10.2 Å². The summed E-state index contributed by atoms with van der Waals surface area (Å²) in [5.41, 5.74) is 0.934. The maximum atomic E-state index is 12.9. The highest BCUT2D eigenvalue weighted by Gasteiger charge is 2.33. The van der Waals surface area contributed by atoms with Crippen molar-refractivity contribution in [3.8, 4) is 0 Å². The maximum absolute atomic E-state index is 12.9. The first kappa shape index (κ1) is 16.4. The fourth-order valence-corrected chi connectivity index (χ4v) is 3.07. The lowest BCUT2D eigenvalue weighted by atomic mass is 9.95. The summed E-state index contributed by atoms with van der Waals surface area (Å²) in [6, 6.07) is 5.37. The van der Waals surface area contributed by atoms with Crippen molar-refractivity contribution < 1.29 is 18.4 Å². The van der Waals surface area contributed by atoms with Crippen LogP contribution in [0.1, 0.15) is 18.4 Å². The van der Waals surface area contributed by atoms with Gasteiger partial charge in [0.15, 0.2) is 0 Å². The number of benzene rings is 1. The third-order valence-electron chi connectivity index (χ3n) is 3.65. The molecule has 1 aromatic heterocycles. The number of rotatable bonds is 5. The number of hydrogen-bond acceptors (Lipinski definition) is 6. The Morgan fingerprint density at radius 1 is 1.25 bits per heavy atom. The predicted molar refractivity (Wildman–Crippen MR) is 83.6 cm³/mol. The summed E-state index contributed by atoms with van der Waals surface area (Å²) in [5, 5.41) is 13.1. The molecule has 2 heterocycles. The smallest absolute Gasteiger partial charge is 0.321 e. The van der Waals surface area contributed by atoms with Crippen LogP contribution >= 0.6 is 11.8 Å². The Kier molecular flexibility index (Phi) is 4.79. The Morgan fingerprint density at radius 2 is 2.00 bits per heavy atom. The molecule has 24 heavy (non-hydrogen) atoms. The van der Waals surface area contributed by atoms with E-state index in [-0.39, 0.29) is 24.2 Å². The number of carbonyl (C=O) groups excluding carboxylic acids is 2. The number of nitrogens with one attached hydrogen (secondary N) is 2. The molecule has 0 bridgehead atoms. The Labute approximate surface area is 141 Å². The quantitative estimate of drug-likeness (QED) is 0.799. The van der Waals surface area contributed by atoms with Crippen LogP contribution in [0, 0.1) is 11.7 Å². The van der Waals surface area contributed by atoms with Gasteiger partial charge in [0.05, 0.1) is 5.92 Å². The third kappa shape index (κ3) is 3.91. The molecule has 2 unspecified atom stereocenters. The zero-order chi connectivity index (χ0) is 17.1. The second kappa shape index (κ2) is 7.00. The number of amides is 3. The van der Waals surface area contributed by atoms with Gasteiger partial charge in [-0.05, 0) is 24.6 Å². The SMILES string of the molecule is CC1NC(=O)NC(=O)C1Cc1nnc(SCc2ccc(F)cc2)o1. The Balaban J connectivity index is 1.58. The van der Waals surface area contributed by atoms with Crippen LogP contribution in [-0.2, 0) is 17.0 Å². The van der Waals surface area contributed by atoms with Crippen LogP contribution in [0.5, 0.6) is 0 Å². The summed E-state index contributed by atoms with van der Waals surface area (Å²) in [7, 11) is 0. The minimum atomic E-state index is -0.496. The van der Waals surface area contributed by atoms with Crippen molar-refractivity contribution in [3.63, 3.8) is 0 Å². The summed E-state index contributed by atoms with van der Waals surface area (Å²) in [6.45, 7) is 1.75. The molecule has 2 aromatic rings. The van der Waals surface area contributed by atoms with Crippen LogP contribution in [0.2, 0.25) is 0 Å². The van der Waals surface area contributed by atoms with Crippen LogP contribution in [0.4, 0.5) is 9.18 Å². The van der Waals surface area contributed by atoms with Crippen molar-refractivity contribution in [2.45, 2.75) is 30.4 Å². The first-order valence-corrected chi connectivity index (χ1v) is 8.31. The molecule has 0 spiro atoms. The summed E-state index contributed by atoms with van der Waals surface area (Å²) < 4.78 is 18.4. The molecule has 0 radical (unpaired) electrons. The Bertz CT molecular complexity index is 749. The van der Waals surface area contributed by atoms with Gasteiger partial charge >= 0.3 is 6.03 Å². The van der Waals surface area contributed by atoms with E-state index in [4.69, 9.17) is 4.42 Å². The largest absolute Gasteiger partial charge is 0.416 e. The summed E-state index contributed by atoms with van der Waals surface area (Å²) >= 11 is 1.33. The lowest BCUT2D eigenvalue weighted by Crippen LogP contribution is -2.57. The fraction of sp³-hybridized carbons (Fsp3) is 0.333. The highest BCUT2D eigenvalue weighted by atomic mass is 32.2. The molecule has 1 aliphatic heterocycles. The Hall–Kier alpha value is -2.42. The number of thioether (sulfide) groups is 1. The van der Waals surface area contributed by atoms with Crippen LogP contribution in [0.3, 0.4) is 0 Å². The molecule has 2 atom stereocenters. The normalized spacial score (nSPS) is 20.6. The minimum absolute atomic E-state index is 0.247. The van der Waals surface area contributed by atoms with E-state index in [0.717, 1.165) is 5.56 Å². The predicted octanol–water partition coefficient (Wildman–Crippen LogP) is 1.89. The monoisotopic (exact) mass is 350 g/mol. The van der Waals surface area contributed by atoms with Crippen molar-refractivity contribution in [1.29, 1.82) is 0 Å². The van der Waals surface area contributed by atoms with Crippen molar-refractivity contribution in [1.82, 2.24) is 20.8 Å². The fourth-order valence-electron chi connectivity index (χ4n) is 2.34. The van der Waals surface area contributed by atoms with E-state index in [1.165, 1.54) is 23.9 Å². The van der Waals surface area contributed by atoms with E-state index < -0.39 is 11.9 Å². The first-order chi connectivity index (χ1) is 11.5. The zero-order valence-corrected chi connectivity index (χ0v) is 13.6. The van der Waals surface area contributed by atoms with Crippen molar-refractivity contribution in [2.75, 3.05) is 0 Å². The summed E-state index contributed by atoms with van der Waals surface area (Å²) in [5.74, 6) is -0.197. The van der Waals surface area contributed by atoms with Gasteiger partial charge < -0.3 is 9.73 Å². The average Bonchev–Trinajstić information content (AvgIpc) is 2.98. The van der Waals surface area contributed by atoms with Crippen molar-refractivity contribution >= 4 is 23.7 Å². The second-order valence-electron chi connectivity index (χ2n) is 5.44.